The Hall–Kier alpha value is -2.47. The van der Waals surface area contributed by atoms with E-state index in [4.69, 9.17) is 0 Å². The van der Waals surface area contributed by atoms with E-state index in [1.807, 2.05) is 47.0 Å². The van der Waals surface area contributed by atoms with Gasteiger partial charge in [0.05, 0.1) is 11.6 Å². The van der Waals surface area contributed by atoms with Gasteiger partial charge in [-0.25, -0.2) is 4.98 Å². The first-order valence-electron chi connectivity index (χ1n) is 7.33. The summed E-state index contributed by atoms with van der Waals surface area (Å²) in [6.07, 6.45) is 1.97. The minimum absolute atomic E-state index is 0.00667. The molecular formula is C17H14BrN5. The summed E-state index contributed by atoms with van der Waals surface area (Å²) in [5, 5.41) is 13.0. The van der Waals surface area contributed by atoms with E-state index >= 15 is 0 Å². The molecule has 0 saturated heterocycles. The van der Waals surface area contributed by atoms with Gasteiger partial charge < -0.3 is 5.32 Å². The second kappa shape index (κ2) is 5.62. The summed E-state index contributed by atoms with van der Waals surface area (Å²) in [6.45, 7) is 2.05. The van der Waals surface area contributed by atoms with Gasteiger partial charge in [0.25, 0.3) is 0 Å². The molecule has 0 aliphatic carbocycles. The van der Waals surface area contributed by atoms with E-state index in [9.17, 15) is 0 Å². The number of nitrogens with zero attached hydrogens (tertiary/aromatic N) is 4. The van der Waals surface area contributed by atoms with E-state index in [0.717, 1.165) is 32.7 Å². The van der Waals surface area contributed by atoms with Crippen LogP contribution in [-0.4, -0.2) is 19.6 Å². The van der Waals surface area contributed by atoms with Crippen LogP contribution >= 0.6 is 15.9 Å². The summed E-state index contributed by atoms with van der Waals surface area (Å²) in [5.41, 5.74) is 1.80. The highest BCUT2D eigenvalue weighted by atomic mass is 79.9. The number of rotatable bonds is 3. The molecule has 1 aromatic carbocycles. The summed E-state index contributed by atoms with van der Waals surface area (Å²) in [5.74, 6) is 1.68. The Morgan fingerprint density at radius 2 is 2.00 bits per heavy atom. The van der Waals surface area contributed by atoms with Crippen molar-refractivity contribution >= 4 is 38.3 Å². The molecule has 114 valence electrons. The largest absolute Gasteiger partial charge is 0.360 e. The first-order valence-corrected chi connectivity index (χ1v) is 8.12. The average molecular weight is 368 g/mol. The molecule has 4 aromatic rings. The fraction of sp³-hybridized carbons (Fsp3) is 0.118. The van der Waals surface area contributed by atoms with Gasteiger partial charge in [-0.3, -0.25) is 4.40 Å². The minimum atomic E-state index is -0.00667. The maximum Gasteiger partial charge on any atom is 0.160 e. The van der Waals surface area contributed by atoms with Crippen molar-refractivity contribution in [3.05, 3.63) is 65.0 Å². The smallest absolute Gasteiger partial charge is 0.160 e. The number of pyridine rings is 2. The Balaban J connectivity index is 1.65. The Morgan fingerprint density at radius 1 is 1.09 bits per heavy atom. The van der Waals surface area contributed by atoms with Crippen LogP contribution in [0.25, 0.3) is 16.6 Å². The van der Waals surface area contributed by atoms with Gasteiger partial charge in [-0.15, -0.1) is 10.2 Å². The van der Waals surface area contributed by atoms with Crippen LogP contribution in [0.2, 0.25) is 0 Å². The lowest BCUT2D eigenvalue weighted by Crippen LogP contribution is -2.11. The molecule has 0 spiro atoms. The van der Waals surface area contributed by atoms with Gasteiger partial charge in [-0.05, 0) is 49.4 Å². The van der Waals surface area contributed by atoms with E-state index in [2.05, 4.69) is 55.5 Å². The number of hydrogen-bond acceptors (Lipinski definition) is 4. The van der Waals surface area contributed by atoms with Crippen molar-refractivity contribution in [3.8, 4) is 0 Å². The monoisotopic (exact) mass is 367 g/mol. The summed E-state index contributed by atoms with van der Waals surface area (Å²) >= 11 is 3.48. The number of anilines is 1. The number of benzene rings is 1. The minimum Gasteiger partial charge on any atom is -0.360 e. The fourth-order valence-corrected chi connectivity index (χ4v) is 3.00. The topological polar surface area (TPSA) is 55.1 Å². The molecule has 4 rings (SSSR count). The van der Waals surface area contributed by atoms with Gasteiger partial charge in [0.2, 0.25) is 0 Å². The Kier molecular flexibility index (Phi) is 3.46. The third-order valence-corrected chi connectivity index (χ3v) is 4.24. The molecule has 0 bridgehead atoms. The van der Waals surface area contributed by atoms with Gasteiger partial charge in [-0.1, -0.05) is 22.0 Å². The number of fused-ring (bicyclic) bond motifs is 2. The zero-order valence-electron chi connectivity index (χ0n) is 12.4. The second-order valence-corrected chi connectivity index (χ2v) is 6.30. The van der Waals surface area contributed by atoms with Crippen LogP contribution in [0.5, 0.6) is 0 Å². The van der Waals surface area contributed by atoms with E-state index in [1.54, 1.807) is 0 Å². The summed E-state index contributed by atoms with van der Waals surface area (Å²) < 4.78 is 3.03. The summed E-state index contributed by atoms with van der Waals surface area (Å²) in [4.78, 5) is 4.66. The van der Waals surface area contributed by atoms with E-state index in [1.165, 1.54) is 0 Å². The fourth-order valence-electron chi connectivity index (χ4n) is 2.62. The molecule has 1 N–H and O–H groups in total. The Bertz CT molecular complexity index is 995. The number of halogens is 1. The highest BCUT2D eigenvalue weighted by Gasteiger charge is 2.13. The van der Waals surface area contributed by atoms with Crippen LogP contribution in [0.3, 0.4) is 0 Å². The Labute approximate surface area is 141 Å². The molecule has 0 aliphatic rings. The molecule has 5 nitrogen and oxygen atoms in total. The molecule has 0 amide bonds. The van der Waals surface area contributed by atoms with E-state index < -0.39 is 0 Å². The lowest BCUT2D eigenvalue weighted by atomic mass is 10.2. The van der Waals surface area contributed by atoms with Crippen LogP contribution in [0.1, 0.15) is 18.8 Å². The van der Waals surface area contributed by atoms with Gasteiger partial charge in [0, 0.05) is 16.1 Å². The van der Waals surface area contributed by atoms with Crippen LogP contribution in [-0.2, 0) is 0 Å². The van der Waals surface area contributed by atoms with Crippen molar-refractivity contribution in [2.75, 3.05) is 5.32 Å². The standard InChI is InChI=1S/C17H14BrN5/c1-11(17-22-21-16-4-2-3-9-23(16)17)19-15-8-5-12-10-13(18)6-7-14(12)20-15/h2-11H,1H3,(H,19,20). The van der Waals surface area contributed by atoms with Crippen LogP contribution in [0, 0.1) is 0 Å². The number of nitrogens with one attached hydrogen (secondary N) is 1. The zero-order valence-corrected chi connectivity index (χ0v) is 14.0. The van der Waals surface area contributed by atoms with Gasteiger partial charge in [0.15, 0.2) is 11.5 Å². The molecule has 0 saturated carbocycles. The SMILES string of the molecule is CC(Nc1ccc2cc(Br)ccc2n1)c1nnc2ccccn12. The molecule has 1 unspecified atom stereocenters. The third kappa shape index (κ3) is 2.66. The molecule has 3 heterocycles. The highest BCUT2D eigenvalue weighted by Crippen LogP contribution is 2.22. The van der Waals surface area contributed by atoms with Crippen LogP contribution in [0.4, 0.5) is 5.82 Å². The van der Waals surface area contributed by atoms with Crippen LogP contribution < -0.4 is 5.32 Å². The second-order valence-electron chi connectivity index (χ2n) is 5.39. The van der Waals surface area contributed by atoms with Crippen molar-refractivity contribution in [1.82, 2.24) is 19.6 Å². The van der Waals surface area contributed by atoms with E-state index in [0.29, 0.717) is 0 Å². The van der Waals surface area contributed by atoms with Gasteiger partial charge >= 0.3 is 0 Å². The predicted molar refractivity (Wildman–Crippen MR) is 94.5 cm³/mol. The molecular weight excluding hydrogens is 354 g/mol. The first-order chi connectivity index (χ1) is 11.2. The average Bonchev–Trinajstić information content (AvgIpc) is 2.99. The van der Waals surface area contributed by atoms with Gasteiger partial charge in [-0.2, -0.15) is 0 Å². The van der Waals surface area contributed by atoms with Crippen molar-refractivity contribution < 1.29 is 0 Å². The number of aromatic nitrogens is 4. The maximum atomic E-state index is 4.66. The molecule has 3 aromatic heterocycles. The highest BCUT2D eigenvalue weighted by molar-refractivity contribution is 9.10. The zero-order chi connectivity index (χ0) is 15.8. The van der Waals surface area contributed by atoms with Gasteiger partial charge in [0.1, 0.15) is 5.82 Å². The summed E-state index contributed by atoms with van der Waals surface area (Å²) in [7, 11) is 0. The summed E-state index contributed by atoms with van der Waals surface area (Å²) in [6, 6.07) is 16.0. The van der Waals surface area contributed by atoms with Crippen molar-refractivity contribution in [2.24, 2.45) is 0 Å². The van der Waals surface area contributed by atoms with Crippen molar-refractivity contribution in [1.29, 1.82) is 0 Å². The normalized spacial score (nSPS) is 12.6. The third-order valence-electron chi connectivity index (χ3n) is 3.74. The number of hydrogen-bond donors (Lipinski definition) is 1. The van der Waals surface area contributed by atoms with E-state index in [-0.39, 0.29) is 6.04 Å². The predicted octanol–water partition coefficient (Wildman–Crippen LogP) is 4.21. The molecule has 0 radical (unpaired) electrons. The first kappa shape index (κ1) is 14.1. The quantitative estimate of drug-likeness (QED) is 0.589. The molecule has 0 fully saturated rings. The Morgan fingerprint density at radius 3 is 2.91 bits per heavy atom. The van der Waals surface area contributed by atoms with Crippen molar-refractivity contribution in [2.45, 2.75) is 13.0 Å². The lowest BCUT2D eigenvalue weighted by Gasteiger charge is -2.13. The molecule has 0 aliphatic heterocycles. The lowest BCUT2D eigenvalue weighted by molar-refractivity contribution is 0.769. The maximum absolute atomic E-state index is 4.66. The van der Waals surface area contributed by atoms with Crippen molar-refractivity contribution in [3.63, 3.8) is 0 Å². The molecule has 1 atom stereocenters. The molecule has 6 heteroatoms. The van der Waals surface area contributed by atoms with Crippen LogP contribution in [0.15, 0.2) is 59.2 Å². The molecule has 23 heavy (non-hydrogen) atoms.